The fourth-order valence-corrected chi connectivity index (χ4v) is 4.28. The van der Waals surface area contributed by atoms with Crippen LogP contribution in [0.5, 0.6) is 0 Å². The summed E-state index contributed by atoms with van der Waals surface area (Å²) in [6.45, 7) is 8.37. The van der Waals surface area contributed by atoms with Gasteiger partial charge in [-0.15, -0.1) is 21.5 Å². The largest absolute Gasteiger partial charge is 0.343 e. The summed E-state index contributed by atoms with van der Waals surface area (Å²) < 4.78 is 2.21. The zero-order valence-electron chi connectivity index (χ0n) is 14.1. The maximum absolute atomic E-state index is 4.64. The Morgan fingerprint density at radius 2 is 2.09 bits per heavy atom. The number of rotatable bonds is 4. The maximum Gasteiger partial charge on any atom is 0.185 e. The second kappa shape index (κ2) is 5.87. The van der Waals surface area contributed by atoms with Crippen molar-refractivity contribution in [3.63, 3.8) is 0 Å². The van der Waals surface area contributed by atoms with Crippen LogP contribution in [-0.4, -0.2) is 50.3 Å². The number of nitrogens with zero attached hydrogens (tertiary/aromatic N) is 6. The Morgan fingerprint density at radius 3 is 2.74 bits per heavy atom. The maximum atomic E-state index is 4.64. The van der Waals surface area contributed by atoms with Crippen molar-refractivity contribution in [1.29, 1.82) is 0 Å². The lowest BCUT2D eigenvalue weighted by Crippen LogP contribution is -2.51. The van der Waals surface area contributed by atoms with Gasteiger partial charge in [0.2, 0.25) is 0 Å². The van der Waals surface area contributed by atoms with E-state index in [0.717, 1.165) is 42.8 Å². The molecule has 1 saturated carbocycles. The van der Waals surface area contributed by atoms with E-state index < -0.39 is 0 Å². The molecule has 1 aliphatic carbocycles. The molecule has 0 aromatic carbocycles. The van der Waals surface area contributed by atoms with Gasteiger partial charge in [0, 0.05) is 44.0 Å². The molecule has 2 aromatic heterocycles. The summed E-state index contributed by atoms with van der Waals surface area (Å²) in [5, 5.41) is 12.1. The second-order valence-corrected chi connectivity index (χ2v) is 7.69. The zero-order chi connectivity index (χ0) is 16.0. The van der Waals surface area contributed by atoms with Gasteiger partial charge in [0.25, 0.3) is 0 Å². The molecule has 23 heavy (non-hydrogen) atoms. The molecular formula is C16H24N6S. The first-order valence-electron chi connectivity index (χ1n) is 8.41. The monoisotopic (exact) mass is 332 g/mol. The summed E-state index contributed by atoms with van der Waals surface area (Å²) in [6.07, 6.45) is 2.55. The molecule has 0 spiro atoms. The molecule has 3 heterocycles. The highest BCUT2D eigenvalue weighted by atomic mass is 32.1. The van der Waals surface area contributed by atoms with Crippen LogP contribution in [-0.2, 0) is 13.6 Å². The highest BCUT2D eigenvalue weighted by Gasteiger charge is 2.30. The molecule has 6 nitrogen and oxygen atoms in total. The topological polar surface area (TPSA) is 50.1 Å². The Kier molecular flexibility index (Phi) is 3.85. The highest BCUT2D eigenvalue weighted by molar-refractivity contribution is 7.13. The molecular weight excluding hydrogens is 308 g/mol. The van der Waals surface area contributed by atoms with E-state index in [2.05, 4.69) is 55.8 Å². The lowest BCUT2D eigenvalue weighted by atomic mass is 10.2. The minimum Gasteiger partial charge on any atom is -0.343 e. The number of anilines is 1. The predicted molar refractivity (Wildman–Crippen MR) is 91.9 cm³/mol. The molecule has 4 rings (SSSR count). The third-order valence-electron chi connectivity index (χ3n) is 4.87. The van der Waals surface area contributed by atoms with Crippen LogP contribution in [0.2, 0.25) is 0 Å². The Morgan fingerprint density at radius 1 is 1.26 bits per heavy atom. The Balaban J connectivity index is 1.40. The second-order valence-electron chi connectivity index (χ2n) is 6.86. The van der Waals surface area contributed by atoms with Crippen molar-refractivity contribution in [3.05, 3.63) is 22.7 Å². The van der Waals surface area contributed by atoms with Gasteiger partial charge in [0.05, 0.1) is 12.2 Å². The predicted octanol–water partition coefficient (Wildman–Crippen LogP) is 2.17. The first-order valence-corrected chi connectivity index (χ1v) is 9.29. The van der Waals surface area contributed by atoms with Crippen molar-refractivity contribution in [1.82, 2.24) is 24.6 Å². The normalized spacial score (nSPS) is 22.7. The molecule has 124 valence electrons. The molecule has 0 radical (unpaired) electrons. The number of piperazine rings is 1. The van der Waals surface area contributed by atoms with Crippen molar-refractivity contribution < 1.29 is 0 Å². The fraction of sp³-hybridized carbons (Fsp3) is 0.688. The van der Waals surface area contributed by atoms with Crippen molar-refractivity contribution in [3.8, 4) is 0 Å². The summed E-state index contributed by atoms with van der Waals surface area (Å²) in [4.78, 5) is 9.56. The van der Waals surface area contributed by atoms with E-state index in [1.807, 2.05) is 0 Å². The summed E-state index contributed by atoms with van der Waals surface area (Å²) in [5.41, 5.74) is 1.12. The minimum atomic E-state index is 0.477. The number of hydrogen-bond donors (Lipinski definition) is 0. The quantitative estimate of drug-likeness (QED) is 0.859. The van der Waals surface area contributed by atoms with Gasteiger partial charge in [-0.25, -0.2) is 4.98 Å². The van der Waals surface area contributed by atoms with E-state index in [-0.39, 0.29) is 0 Å². The SMILES string of the molecule is Cc1csc(N2CCN(Cc3nnc(C4CC4)n3C)CC2C)n1. The molecule has 0 bridgehead atoms. The van der Waals surface area contributed by atoms with E-state index in [9.17, 15) is 0 Å². The lowest BCUT2D eigenvalue weighted by Gasteiger charge is -2.39. The van der Waals surface area contributed by atoms with Gasteiger partial charge in [-0.1, -0.05) is 0 Å². The standard InChI is InChI=1S/C16H24N6S/c1-11-10-23-16(17-11)22-7-6-21(8-12(22)2)9-14-18-19-15(20(14)3)13-4-5-13/h10,12-13H,4-9H2,1-3H3. The van der Waals surface area contributed by atoms with Gasteiger partial charge < -0.3 is 9.47 Å². The summed E-state index contributed by atoms with van der Waals surface area (Å²) >= 11 is 1.75. The first kappa shape index (κ1) is 15.1. The van der Waals surface area contributed by atoms with Crippen LogP contribution in [0.4, 0.5) is 5.13 Å². The van der Waals surface area contributed by atoms with Crippen molar-refractivity contribution in [2.24, 2.45) is 7.05 Å². The van der Waals surface area contributed by atoms with Gasteiger partial charge >= 0.3 is 0 Å². The molecule has 0 N–H and O–H groups in total. The molecule has 2 aliphatic rings. The Hall–Kier alpha value is -1.47. The number of hydrogen-bond acceptors (Lipinski definition) is 6. The number of aryl methyl sites for hydroxylation is 1. The van der Waals surface area contributed by atoms with Gasteiger partial charge in [-0.2, -0.15) is 0 Å². The van der Waals surface area contributed by atoms with Gasteiger partial charge in [0.1, 0.15) is 11.6 Å². The molecule has 1 unspecified atom stereocenters. The van der Waals surface area contributed by atoms with Gasteiger partial charge in [0.15, 0.2) is 5.13 Å². The Labute approximate surface area is 141 Å². The van der Waals surface area contributed by atoms with Crippen LogP contribution in [0.3, 0.4) is 0 Å². The van der Waals surface area contributed by atoms with E-state index in [1.54, 1.807) is 11.3 Å². The molecule has 1 aliphatic heterocycles. The zero-order valence-corrected chi connectivity index (χ0v) is 14.9. The van der Waals surface area contributed by atoms with Gasteiger partial charge in [-0.05, 0) is 26.7 Å². The van der Waals surface area contributed by atoms with Crippen LogP contribution in [0.1, 0.15) is 43.0 Å². The molecule has 2 fully saturated rings. The minimum absolute atomic E-state index is 0.477. The van der Waals surface area contributed by atoms with Crippen LogP contribution < -0.4 is 4.90 Å². The average molecular weight is 332 g/mol. The molecule has 1 atom stereocenters. The van der Waals surface area contributed by atoms with Crippen molar-refractivity contribution >= 4 is 16.5 Å². The van der Waals surface area contributed by atoms with Crippen LogP contribution in [0, 0.1) is 6.92 Å². The molecule has 1 saturated heterocycles. The third-order valence-corrected chi connectivity index (χ3v) is 5.87. The van der Waals surface area contributed by atoms with Crippen LogP contribution in [0.15, 0.2) is 5.38 Å². The summed E-state index contributed by atoms with van der Waals surface area (Å²) in [6, 6.07) is 0.477. The van der Waals surface area contributed by atoms with Gasteiger partial charge in [-0.3, -0.25) is 4.90 Å². The first-order chi connectivity index (χ1) is 11.1. The average Bonchev–Trinajstić information content (AvgIpc) is 3.18. The highest BCUT2D eigenvalue weighted by Crippen LogP contribution is 2.38. The van der Waals surface area contributed by atoms with Crippen LogP contribution >= 0.6 is 11.3 Å². The Bertz CT molecular complexity index is 689. The molecule has 2 aromatic rings. The van der Waals surface area contributed by atoms with Crippen LogP contribution in [0.25, 0.3) is 0 Å². The number of thiazole rings is 1. The van der Waals surface area contributed by atoms with Crippen molar-refractivity contribution in [2.45, 2.75) is 45.2 Å². The molecule has 7 heteroatoms. The summed E-state index contributed by atoms with van der Waals surface area (Å²) in [5.74, 6) is 2.92. The number of aromatic nitrogens is 4. The molecule has 0 amide bonds. The smallest absolute Gasteiger partial charge is 0.185 e. The fourth-order valence-electron chi connectivity index (χ4n) is 3.34. The van der Waals surface area contributed by atoms with Crippen molar-refractivity contribution in [2.75, 3.05) is 24.5 Å². The van der Waals surface area contributed by atoms with E-state index in [4.69, 9.17) is 0 Å². The van der Waals surface area contributed by atoms with E-state index in [0.29, 0.717) is 12.0 Å². The third kappa shape index (κ3) is 2.99. The summed E-state index contributed by atoms with van der Waals surface area (Å²) in [7, 11) is 2.11. The van der Waals surface area contributed by atoms with E-state index >= 15 is 0 Å². The van der Waals surface area contributed by atoms with E-state index in [1.165, 1.54) is 18.7 Å². The lowest BCUT2D eigenvalue weighted by molar-refractivity contribution is 0.214.